The second kappa shape index (κ2) is 10.3. The van der Waals surface area contributed by atoms with E-state index in [1.165, 1.54) is 0 Å². The summed E-state index contributed by atoms with van der Waals surface area (Å²) in [7, 11) is 0. The highest BCUT2D eigenvalue weighted by molar-refractivity contribution is 6.31. The lowest BCUT2D eigenvalue weighted by molar-refractivity contribution is 0.0950. The molecule has 4 N–H and O–H groups in total. The van der Waals surface area contributed by atoms with Crippen molar-refractivity contribution in [1.29, 1.82) is 0 Å². The van der Waals surface area contributed by atoms with Gasteiger partial charge in [-0.05, 0) is 88.4 Å². The Morgan fingerprint density at radius 1 is 1.19 bits per heavy atom. The maximum Gasteiger partial charge on any atom is 0.253 e. The maximum absolute atomic E-state index is 13.0. The summed E-state index contributed by atoms with van der Waals surface area (Å²) in [5.74, 6) is 0.357. The van der Waals surface area contributed by atoms with E-state index in [1.807, 2.05) is 32.9 Å². The van der Waals surface area contributed by atoms with Crippen LogP contribution >= 0.6 is 11.6 Å². The van der Waals surface area contributed by atoms with E-state index >= 15 is 0 Å². The molecule has 0 saturated carbocycles. The number of amides is 1. The van der Waals surface area contributed by atoms with E-state index in [-0.39, 0.29) is 18.0 Å². The van der Waals surface area contributed by atoms with Crippen LogP contribution in [0.15, 0.2) is 23.0 Å². The normalized spacial score (nSPS) is 15.5. The lowest BCUT2D eigenvalue weighted by Crippen LogP contribution is -2.37. The summed E-state index contributed by atoms with van der Waals surface area (Å²) in [4.78, 5) is 28.0. The molecular formula is C24H33ClN4O2. The number of piperidine rings is 1. The summed E-state index contributed by atoms with van der Waals surface area (Å²) in [6.45, 7) is 10.1. The first-order valence-corrected chi connectivity index (χ1v) is 11.4. The lowest BCUT2D eigenvalue weighted by Gasteiger charge is -2.32. The van der Waals surface area contributed by atoms with Crippen LogP contribution in [0.25, 0.3) is 0 Å². The fourth-order valence-electron chi connectivity index (χ4n) is 4.43. The molecule has 2 heterocycles. The third kappa shape index (κ3) is 5.69. The van der Waals surface area contributed by atoms with Gasteiger partial charge in [0.05, 0.1) is 0 Å². The first-order valence-electron chi connectivity index (χ1n) is 11.0. The number of aryl methyl sites for hydroxylation is 2. The van der Waals surface area contributed by atoms with Gasteiger partial charge < -0.3 is 20.9 Å². The van der Waals surface area contributed by atoms with Crippen molar-refractivity contribution in [2.75, 3.05) is 18.4 Å². The zero-order valence-electron chi connectivity index (χ0n) is 18.8. The largest absolute Gasteiger partial charge is 0.382 e. The van der Waals surface area contributed by atoms with E-state index in [9.17, 15) is 9.59 Å². The number of anilines is 1. The van der Waals surface area contributed by atoms with Gasteiger partial charge >= 0.3 is 0 Å². The van der Waals surface area contributed by atoms with Crippen molar-refractivity contribution >= 4 is 23.2 Å². The standard InChI is InChI=1S/C24H33ClN4O2/c1-5-21(17-6-8-26-9-7-17)29-22-12-18(25)11-19(16(22)4)23(30)27-13-20-14(2)10-15(3)28-24(20)31/h10-12,17,21,26,29H,5-9,13H2,1-4H3,(H,27,30)(H,28,31). The summed E-state index contributed by atoms with van der Waals surface area (Å²) in [5, 5.41) is 10.5. The minimum atomic E-state index is -0.239. The summed E-state index contributed by atoms with van der Waals surface area (Å²) in [6.07, 6.45) is 3.29. The highest BCUT2D eigenvalue weighted by Crippen LogP contribution is 2.29. The minimum Gasteiger partial charge on any atom is -0.382 e. The fraction of sp³-hybridized carbons (Fsp3) is 0.500. The monoisotopic (exact) mass is 444 g/mol. The molecule has 6 nitrogen and oxygen atoms in total. The van der Waals surface area contributed by atoms with Crippen molar-refractivity contribution < 1.29 is 4.79 Å². The number of aromatic amines is 1. The van der Waals surface area contributed by atoms with Gasteiger partial charge in [-0.3, -0.25) is 9.59 Å². The van der Waals surface area contributed by atoms with Crippen LogP contribution in [0.4, 0.5) is 5.69 Å². The zero-order chi connectivity index (χ0) is 22.5. The van der Waals surface area contributed by atoms with Crippen LogP contribution in [-0.2, 0) is 6.54 Å². The number of aromatic nitrogens is 1. The van der Waals surface area contributed by atoms with Crippen LogP contribution < -0.4 is 21.5 Å². The second-order valence-corrected chi connectivity index (χ2v) is 8.93. The number of hydrogen-bond donors (Lipinski definition) is 4. The molecule has 1 aromatic heterocycles. The summed E-state index contributed by atoms with van der Waals surface area (Å²) >= 11 is 6.38. The van der Waals surface area contributed by atoms with Crippen molar-refractivity contribution in [3.8, 4) is 0 Å². The number of hydrogen-bond acceptors (Lipinski definition) is 4. The van der Waals surface area contributed by atoms with Gasteiger partial charge in [0.15, 0.2) is 0 Å². The molecule has 1 saturated heterocycles. The van der Waals surface area contributed by atoms with E-state index in [1.54, 1.807) is 6.07 Å². The molecular weight excluding hydrogens is 412 g/mol. The molecule has 0 aliphatic carbocycles. The van der Waals surface area contributed by atoms with E-state index in [0.717, 1.165) is 54.9 Å². The molecule has 1 aliphatic heterocycles. The van der Waals surface area contributed by atoms with E-state index in [4.69, 9.17) is 11.6 Å². The van der Waals surface area contributed by atoms with E-state index in [0.29, 0.717) is 28.1 Å². The van der Waals surface area contributed by atoms with Gasteiger partial charge in [0.25, 0.3) is 11.5 Å². The van der Waals surface area contributed by atoms with Crippen LogP contribution in [0.3, 0.4) is 0 Å². The number of pyridine rings is 1. The molecule has 2 aromatic rings. The third-order valence-corrected chi connectivity index (χ3v) is 6.49. The Kier molecular flexibility index (Phi) is 7.79. The summed E-state index contributed by atoms with van der Waals surface area (Å²) in [5.41, 5.74) is 4.34. The van der Waals surface area contributed by atoms with Gasteiger partial charge in [-0.1, -0.05) is 18.5 Å². The Balaban J connectivity index is 1.78. The molecule has 0 spiro atoms. The van der Waals surface area contributed by atoms with Gasteiger partial charge in [-0.2, -0.15) is 0 Å². The van der Waals surface area contributed by atoms with Crippen molar-refractivity contribution in [1.82, 2.24) is 15.6 Å². The zero-order valence-corrected chi connectivity index (χ0v) is 19.6. The van der Waals surface area contributed by atoms with E-state index in [2.05, 4.69) is 27.9 Å². The molecule has 1 atom stereocenters. The number of halogens is 1. The number of H-pyrrole nitrogens is 1. The molecule has 168 valence electrons. The van der Waals surface area contributed by atoms with Crippen LogP contribution in [0.1, 0.15) is 58.9 Å². The number of rotatable bonds is 7. The van der Waals surface area contributed by atoms with Crippen molar-refractivity contribution in [3.05, 3.63) is 61.5 Å². The molecule has 1 aliphatic rings. The SMILES string of the molecule is CCC(Nc1cc(Cl)cc(C(=O)NCc2c(C)cc(C)[nH]c2=O)c1C)C1CCNCC1. The van der Waals surface area contributed by atoms with Gasteiger partial charge in [-0.25, -0.2) is 0 Å². The molecule has 3 rings (SSSR count). The molecule has 1 unspecified atom stereocenters. The molecule has 0 bridgehead atoms. The van der Waals surface area contributed by atoms with Gasteiger partial charge in [-0.15, -0.1) is 0 Å². The Hall–Kier alpha value is -2.31. The first-order chi connectivity index (χ1) is 14.8. The topological polar surface area (TPSA) is 86.0 Å². The predicted molar refractivity (Wildman–Crippen MR) is 127 cm³/mol. The maximum atomic E-state index is 13.0. The van der Waals surface area contributed by atoms with Gasteiger partial charge in [0, 0.05) is 40.1 Å². The average Bonchev–Trinajstić information content (AvgIpc) is 2.73. The highest BCUT2D eigenvalue weighted by atomic mass is 35.5. The van der Waals surface area contributed by atoms with Gasteiger partial charge in [0.1, 0.15) is 0 Å². The molecule has 31 heavy (non-hydrogen) atoms. The van der Waals surface area contributed by atoms with Crippen LogP contribution in [0, 0.1) is 26.7 Å². The smallest absolute Gasteiger partial charge is 0.253 e. The van der Waals surface area contributed by atoms with Crippen molar-refractivity contribution in [3.63, 3.8) is 0 Å². The Labute approximate surface area is 189 Å². The first kappa shape index (κ1) is 23.4. The van der Waals surface area contributed by atoms with Crippen LogP contribution in [0.2, 0.25) is 5.02 Å². The fourth-order valence-corrected chi connectivity index (χ4v) is 4.65. The predicted octanol–water partition coefficient (Wildman–Crippen LogP) is 4.07. The van der Waals surface area contributed by atoms with Crippen LogP contribution in [0.5, 0.6) is 0 Å². The second-order valence-electron chi connectivity index (χ2n) is 8.50. The third-order valence-electron chi connectivity index (χ3n) is 6.27. The molecule has 1 aromatic carbocycles. The Bertz CT molecular complexity index is 996. The summed E-state index contributed by atoms with van der Waals surface area (Å²) in [6, 6.07) is 5.83. The molecule has 7 heteroatoms. The average molecular weight is 445 g/mol. The number of carbonyl (C=O) groups excluding carboxylic acids is 1. The Morgan fingerprint density at radius 2 is 1.90 bits per heavy atom. The quantitative estimate of drug-likeness (QED) is 0.518. The molecule has 1 fully saturated rings. The summed E-state index contributed by atoms with van der Waals surface area (Å²) < 4.78 is 0. The lowest BCUT2D eigenvalue weighted by atomic mass is 9.88. The van der Waals surface area contributed by atoms with Crippen molar-refractivity contribution in [2.45, 2.75) is 59.5 Å². The highest BCUT2D eigenvalue weighted by Gasteiger charge is 2.23. The molecule has 0 radical (unpaired) electrons. The Morgan fingerprint density at radius 3 is 2.55 bits per heavy atom. The van der Waals surface area contributed by atoms with Gasteiger partial charge in [0.2, 0.25) is 0 Å². The number of carbonyl (C=O) groups is 1. The minimum absolute atomic E-state index is 0.168. The van der Waals surface area contributed by atoms with Crippen molar-refractivity contribution in [2.24, 2.45) is 5.92 Å². The molecule has 1 amide bonds. The van der Waals surface area contributed by atoms with Crippen LogP contribution in [-0.4, -0.2) is 30.0 Å². The van der Waals surface area contributed by atoms with E-state index < -0.39 is 0 Å². The number of nitrogens with one attached hydrogen (secondary N) is 4. The number of benzene rings is 1.